The van der Waals surface area contributed by atoms with Crippen molar-refractivity contribution in [3.8, 4) is 11.5 Å². The minimum absolute atomic E-state index is 0.0548. The Balaban J connectivity index is 1.42. The third-order valence-electron chi connectivity index (χ3n) is 5.32. The molecule has 1 amide bonds. The molecule has 0 bridgehead atoms. The fourth-order valence-corrected chi connectivity index (χ4v) is 3.61. The average molecular weight is 367 g/mol. The molecule has 1 aliphatic rings. The van der Waals surface area contributed by atoms with Gasteiger partial charge in [0.25, 0.3) is 5.91 Å². The summed E-state index contributed by atoms with van der Waals surface area (Å²) in [5.41, 5.74) is 2.50. The van der Waals surface area contributed by atoms with E-state index < -0.39 is 0 Å². The lowest BCUT2D eigenvalue weighted by Crippen LogP contribution is -2.41. The summed E-state index contributed by atoms with van der Waals surface area (Å²) < 4.78 is 11.0. The molecule has 0 aromatic heterocycles. The molecule has 2 aromatic carbocycles. The van der Waals surface area contributed by atoms with Crippen LogP contribution in [0.5, 0.6) is 11.5 Å². The standard InChI is InChI=1S/C23H29NO3/c1-18-8-11-21(22(16-18)26-2)27-17-23(25)24-14-12-20(13-15-24)10-9-19-6-4-3-5-7-19/h3-8,11,16,20H,9-10,12-15,17H2,1-2H3. The molecular formula is C23H29NO3. The summed E-state index contributed by atoms with van der Waals surface area (Å²) in [4.78, 5) is 14.4. The van der Waals surface area contributed by atoms with Crippen molar-refractivity contribution in [1.82, 2.24) is 4.90 Å². The van der Waals surface area contributed by atoms with E-state index in [2.05, 4.69) is 30.3 Å². The van der Waals surface area contributed by atoms with Crippen LogP contribution in [0.2, 0.25) is 0 Å². The van der Waals surface area contributed by atoms with Crippen LogP contribution in [0.1, 0.15) is 30.4 Å². The van der Waals surface area contributed by atoms with Gasteiger partial charge >= 0.3 is 0 Å². The Kier molecular flexibility index (Phi) is 6.74. The Morgan fingerprint density at radius 1 is 1.07 bits per heavy atom. The van der Waals surface area contributed by atoms with Crippen LogP contribution in [-0.4, -0.2) is 37.6 Å². The lowest BCUT2D eigenvalue weighted by Gasteiger charge is -2.32. The van der Waals surface area contributed by atoms with Gasteiger partial charge in [0.15, 0.2) is 18.1 Å². The smallest absolute Gasteiger partial charge is 0.260 e. The van der Waals surface area contributed by atoms with Gasteiger partial charge in [0.2, 0.25) is 0 Å². The quantitative estimate of drug-likeness (QED) is 0.734. The highest BCUT2D eigenvalue weighted by atomic mass is 16.5. The molecule has 3 rings (SSSR count). The maximum Gasteiger partial charge on any atom is 0.260 e. The molecule has 0 aliphatic carbocycles. The Bertz CT molecular complexity index is 737. The minimum Gasteiger partial charge on any atom is -0.493 e. The molecule has 4 nitrogen and oxygen atoms in total. The number of piperidine rings is 1. The SMILES string of the molecule is COc1cc(C)ccc1OCC(=O)N1CCC(CCc2ccccc2)CC1. The number of hydrogen-bond acceptors (Lipinski definition) is 3. The zero-order valence-electron chi connectivity index (χ0n) is 16.3. The first-order valence-electron chi connectivity index (χ1n) is 9.75. The van der Waals surface area contributed by atoms with E-state index in [-0.39, 0.29) is 12.5 Å². The highest BCUT2D eigenvalue weighted by Crippen LogP contribution is 2.28. The summed E-state index contributed by atoms with van der Waals surface area (Å²) in [6.07, 6.45) is 4.47. The van der Waals surface area contributed by atoms with Gasteiger partial charge in [0, 0.05) is 13.1 Å². The van der Waals surface area contributed by atoms with E-state index in [4.69, 9.17) is 9.47 Å². The van der Waals surface area contributed by atoms with Crippen LogP contribution in [0.3, 0.4) is 0 Å². The molecule has 1 saturated heterocycles. The zero-order valence-corrected chi connectivity index (χ0v) is 16.3. The first-order valence-corrected chi connectivity index (χ1v) is 9.75. The summed E-state index contributed by atoms with van der Waals surface area (Å²) in [6, 6.07) is 16.4. The first kappa shape index (κ1) is 19.3. The van der Waals surface area contributed by atoms with E-state index in [1.54, 1.807) is 7.11 Å². The highest BCUT2D eigenvalue weighted by Gasteiger charge is 2.23. The van der Waals surface area contributed by atoms with Gasteiger partial charge in [-0.2, -0.15) is 0 Å². The number of carbonyl (C=O) groups excluding carboxylic acids is 1. The average Bonchev–Trinajstić information content (AvgIpc) is 2.72. The lowest BCUT2D eigenvalue weighted by atomic mass is 9.90. The number of carbonyl (C=O) groups is 1. The zero-order chi connectivity index (χ0) is 19.1. The Morgan fingerprint density at radius 2 is 1.81 bits per heavy atom. The van der Waals surface area contributed by atoms with Crippen LogP contribution in [-0.2, 0) is 11.2 Å². The molecule has 144 valence electrons. The fraction of sp³-hybridized carbons (Fsp3) is 0.435. The molecule has 0 saturated carbocycles. The van der Waals surface area contributed by atoms with Gasteiger partial charge in [0.05, 0.1) is 7.11 Å². The van der Waals surface area contributed by atoms with Gasteiger partial charge in [-0.15, -0.1) is 0 Å². The molecule has 4 heteroatoms. The maximum absolute atomic E-state index is 12.5. The van der Waals surface area contributed by atoms with Crippen LogP contribution in [0, 0.1) is 12.8 Å². The van der Waals surface area contributed by atoms with Gasteiger partial charge < -0.3 is 14.4 Å². The molecule has 0 atom stereocenters. The van der Waals surface area contributed by atoms with Crippen LogP contribution in [0.15, 0.2) is 48.5 Å². The number of aryl methyl sites for hydroxylation is 2. The van der Waals surface area contributed by atoms with Crippen LogP contribution >= 0.6 is 0 Å². The largest absolute Gasteiger partial charge is 0.493 e. The van der Waals surface area contributed by atoms with Crippen LogP contribution in [0.4, 0.5) is 0 Å². The van der Waals surface area contributed by atoms with Crippen molar-refractivity contribution in [2.45, 2.75) is 32.6 Å². The Hall–Kier alpha value is -2.49. The second-order valence-electron chi connectivity index (χ2n) is 7.29. The van der Waals surface area contributed by atoms with Gasteiger partial charge in [-0.3, -0.25) is 4.79 Å². The number of likely N-dealkylation sites (tertiary alicyclic amines) is 1. The summed E-state index contributed by atoms with van der Waals surface area (Å²) in [5.74, 6) is 2.04. The number of benzene rings is 2. The van der Waals surface area contributed by atoms with E-state index >= 15 is 0 Å². The third-order valence-corrected chi connectivity index (χ3v) is 5.32. The van der Waals surface area contributed by atoms with Crippen LogP contribution < -0.4 is 9.47 Å². The minimum atomic E-state index is 0.0548. The molecule has 27 heavy (non-hydrogen) atoms. The maximum atomic E-state index is 12.5. The molecule has 0 unspecified atom stereocenters. The second-order valence-corrected chi connectivity index (χ2v) is 7.29. The van der Waals surface area contributed by atoms with Gasteiger partial charge in [-0.25, -0.2) is 0 Å². The van der Waals surface area contributed by atoms with Crippen molar-refractivity contribution >= 4 is 5.91 Å². The molecule has 1 aliphatic heterocycles. The molecule has 1 heterocycles. The Labute approximate surface area is 162 Å². The molecule has 0 spiro atoms. The van der Waals surface area contributed by atoms with Crippen molar-refractivity contribution in [2.24, 2.45) is 5.92 Å². The van der Waals surface area contributed by atoms with Gasteiger partial charge in [-0.1, -0.05) is 36.4 Å². The number of nitrogens with zero attached hydrogens (tertiary/aromatic N) is 1. The van der Waals surface area contributed by atoms with Crippen molar-refractivity contribution in [3.05, 3.63) is 59.7 Å². The molecule has 2 aromatic rings. The van der Waals surface area contributed by atoms with E-state index in [1.165, 1.54) is 12.0 Å². The molecular weight excluding hydrogens is 338 g/mol. The predicted octanol–water partition coefficient (Wildman–Crippen LogP) is 4.25. The van der Waals surface area contributed by atoms with Gasteiger partial charge in [0.1, 0.15) is 0 Å². The lowest BCUT2D eigenvalue weighted by molar-refractivity contribution is -0.134. The van der Waals surface area contributed by atoms with E-state index in [9.17, 15) is 4.79 Å². The van der Waals surface area contributed by atoms with Gasteiger partial charge in [-0.05, 0) is 61.8 Å². The third kappa shape index (κ3) is 5.49. The number of hydrogen-bond donors (Lipinski definition) is 0. The van der Waals surface area contributed by atoms with Crippen molar-refractivity contribution in [1.29, 1.82) is 0 Å². The number of ether oxygens (including phenoxy) is 2. The Morgan fingerprint density at radius 3 is 2.52 bits per heavy atom. The van der Waals surface area contributed by atoms with Crippen LogP contribution in [0.25, 0.3) is 0 Å². The first-order chi connectivity index (χ1) is 13.2. The van der Waals surface area contributed by atoms with E-state index in [0.29, 0.717) is 17.4 Å². The highest BCUT2D eigenvalue weighted by molar-refractivity contribution is 5.78. The fourth-order valence-electron chi connectivity index (χ4n) is 3.61. The molecule has 0 N–H and O–H groups in total. The normalized spacial score (nSPS) is 14.8. The number of methoxy groups -OCH3 is 1. The predicted molar refractivity (Wildman–Crippen MR) is 107 cm³/mol. The monoisotopic (exact) mass is 367 g/mol. The van der Waals surface area contributed by atoms with Crippen molar-refractivity contribution in [3.63, 3.8) is 0 Å². The van der Waals surface area contributed by atoms with Crippen molar-refractivity contribution < 1.29 is 14.3 Å². The molecule has 1 fully saturated rings. The summed E-state index contributed by atoms with van der Waals surface area (Å²) in [6.45, 7) is 3.72. The summed E-state index contributed by atoms with van der Waals surface area (Å²) in [5, 5.41) is 0. The van der Waals surface area contributed by atoms with E-state index in [0.717, 1.165) is 37.9 Å². The summed E-state index contributed by atoms with van der Waals surface area (Å²) in [7, 11) is 1.61. The van der Waals surface area contributed by atoms with E-state index in [1.807, 2.05) is 30.0 Å². The topological polar surface area (TPSA) is 38.8 Å². The molecule has 0 radical (unpaired) electrons. The number of amides is 1. The summed E-state index contributed by atoms with van der Waals surface area (Å²) >= 11 is 0. The second kappa shape index (κ2) is 9.45. The number of rotatable bonds is 7. The van der Waals surface area contributed by atoms with Crippen molar-refractivity contribution in [2.75, 3.05) is 26.8 Å².